The van der Waals surface area contributed by atoms with Gasteiger partial charge in [0.05, 0.1) is 6.04 Å². The average Bonchev–Trinajstić information content (AvgIpc) is 2.54. The molecule has 23 heavy (non-hydrogen) atoms. The van der Waals surface area contributed by atoms with Crippen LogP contribution in [0.15, 0.2) is 42.7 Å². The van der Waals surface area contributed by atoms with Crippen LogP contribution in [0.5, 0.6) is 5.75 Å². The first-order valence-electron chi connectivity index (χ1n) is 6.97. The summed E-state index contributed by atoms with van der Waals surface area (Å²) in [5.74, 6) is -1.32. The summed E-state index contributed by atoms with van der Waals surface area (Å²) in [6.45, 7) is 0.0173. The highest BCUT2D eigenvalue weighted by Gasteiger charge is 2.40. The van der Waals surface area contributed by atoms with Crippen LogP contribution < -0.4 is 10.1 Å². The fraction of sp³-hybridized carbons (Fsp3) is 0.250. The van der Waals surface area contributed by atoms with Crippen molar-refractivity contribution in [2.75, 3.05) is 6.61 Å². The number of amides is 1. The first kappa shape index (κ1) is 15.3. The van der Waals surface area contributed by atoms with Gasteiger partial charge in [-0.25, -0.2) is 0 Å². The molecule has 0 saturated carbocycles. The van der Waals surface area contributed by atoms with Crippen LogP contribution in [0.4, 0.5) is 13.2 Å². The highest BCUT2D eigenvalue weighted by Crippen LogP contribution is 2.30. The summed E-state index contributed by atoms with van der Waals surface area (Å²) in [7, 11) is 0. The van der Waals surface area contributed by atoms with E-state index in [-0.39, 0.29) is 13.0 Å². The van der Waals surface area contributed by atoms with Gasteiger partial charge in [0.2, 0.25) is 0 Å². The molecule has 1 aliphatic rings. The molecule has 1 N–H and O–H groups in total. The van der Waals surface area contributed by atoms with E-state index in [1.807, 2.05) is 29.6 Å². The molecule has 1 aliphatic heterocycles. The highest BCUT2D eigenvalue weighted by atomic mass is 19.4. The largest absolute Gasteiger partial charge is 0.491 e. The molecular formula is C16H13F3N2O2. The Morgan fingerprint density at radius 3 is 2.61 bits per heavy atom. The number of nitrogens with zero attached hydrogens (tertiary/aromatic N) is 1. The lowest BCUT2D eigenvalue weighted by atomic mass is 9.97. The molecule has 0 spiro atoms. The number of ether oxygens (including phenoxy) is 1. The van der Waals surface area contributed by atoms with Crippen molar-refractivity contribution in [3.8, 4) is 16.9 Å². The summed E-state index contributed by atoms with van der Waals surface area (Å²) >= 11 is 0. The summed E-state index contributed by atoms with van der Waals surface area (Å²) in [6, 6.07) is 8.50. The molecule has 3 rings (SSSR count). The number of pyridine rings is 1. The molecule has 1 aromatic heterocycles. The van der Waals surface area contributed by atoms with Crippen LogP contribution in [0.2, 0.25) is 0 Å². The van der Waals surface area contributed by atoms with Gasteiger partial charge in [0.15, 0.2) is 0 Å². The number of halogens is 3. The molecule has 0 bridgehead atoms. The Balaban J connectivity index is 1.78. The molecule has 2 aromatic rings. The van der Waals surface area contributed by atoms with Crippen molar-refractivity contribution in [3.63, 3.8) is 0 Å². The zero-order valence-electron chi connectivity index (χ0n) is 11.9. The second kappa shape index (κ2) is 5.91. The summed E-state index contributed by atoms with van der Waals surface area (Å²) in [6.07, 6.45) is -1.27. The SMILES string of the molecule is O=C(N[C@H]1COc2ccc(-c3ccncc3)cc2C1)C(F)(F)F. The van der Waals surface area contributed by atoms with Crippen LogP contribution in [0.3, 0.4) is 0 Å². The van der Waals surface area contributed by atoms with Crippen LogP contribution in [0.25, 0.3) is 11.1 Å². The topological polar surface area (TPSA) is 51.2 Å². The maximum absolute atomic E-state index is 12.3. The molecule has 120 valence electrons. The molecule has 0 fully saturated rings. The van der Waals surface area contributed by atoms with Gasteiger partial charge in [-0.3, -0.25) is 9.78 Å². The van der Waals surface area contributed by atoms with E-state index < -0.39 is 18.1 Å². The Hall–Kier alpha value is -2.57. The summed E-state index contributed by atoms with van der Waals surface area (Å²) in [4.78, 5) is 15.0. The normalized spacial score (nSPS) is 17.1. The Labute approximate surface area is 130 Å². The number of aromatic nitrogens is 1. The molecule has 0 radical (unpaired) electrons. The van der Waals surface area contributed by atoms with E-state index in [1.54, 1.807) is 18.5 Å². The zero-order valence-corrected chi connectivity index (χ0v) is 11.9. The predicted octanol–water partition coefficient (Wildman–Crippen LogP) is 2.73. The first-order chi connectivity index (χ1) is 10.9. The van der Waals surface area contributed by atoms with Gasteiger partial charge in [-0.1, -0.05) is 6.07 Å². The smallest absolute Gasteiger partial charge is 0.471 e. The quantitative estimate of drug-likeness (QED) is 0.925. The van der Waals surface area contributed by atoms with Crippen molar-refractivity contribution >= 4 is 5.91 Å². The predicted molar refractivity (Wildman–Crippen MR) is 76.9 cm³/mol. The van der Waals surface area contributed by atoms with Gasteiger partial charge in [-0.05, 0) is 47.4 Å². The van der Waals surface area contributed by atoms with Gasteiger partial charge < -0.3 is 10.1 Å². The first-order valence-corrected chi connectivity index (χ1v) is 6.97. The minimum atomic E-state index is -4.89. The number of carbonyl (C=O) groups is 1. The van der Waals surface area contributed by atoms with E-state index in [0.717, 1.165) is 16.7 Å². The van der Waals surface area contributed by atoms with Crippen LogP contribution in [-0.2, 0) is 11.2 Å². The lowest BCUT2D eigenvalue weighted by Gasteiger charge is -2.26. The van der Waals surface area contributed by atoms with Crippen LogP contribution in [0.1, 0.15) is 5.56 Å². The van der Waals surface area contributed by atoms with E-state index in [2.05, 4.69) is 4.98 Å². The highest BCUT2D eigenvalue weighted by molar-refractivity contribution is 5.82. The molecule has 2 heterocycles. The Bertz CT molecular complexity index is 717. The Morgan fingerprint density at radius 1 is 1.17 bits per heavy atom. The number of fused-ring (bicyclic) bond motifs is 1. The zero-order chi connectivity index (χ0) is 16.4. The number of hydrogen-bond donors (Lipinski definition) is 1. The van der Waals surface area contributed by atoms with Gasteiger partial charge in [0.25, 0.3) is 0 Å². The van der Waals surface area contributed by atoms with Crippen molar-refractivity contribution in [3.05, 3.63) is 48.3 Å². The van der Waals surface area contributed by atoms with E-state index in [9.17, 15) is 18.0 Å². The third-order valence-electron chi connectivity index (χ3n) is 3.57. The second-order valence-electron chi connectivity index (χ2n) is 5.24. The van der Waals surface area contributed by atoms with E-state index in [4.69, 9.17) is 4.74 Å². The van der Waals surface area contributed by atoms with Crippen LogP contribution in [-0.4, -0.2) is 29.7 Å². The van der Waals surface area contributed by atoms with E-state index in [0.29, 0.717) is 5.75 Å². The minimum absolute atomic E-state index is 0.0173. The van der Waals surface area contributed by atoms with E-state index in [1.165, 1.54) is 0 Å². The third kappa shape index (κ3) is 3.44. The van der Waals surface area contributed by atoms with Crippen LogP contribution >= 0.6 is 0 Å². The second-order valence-corrected chi connectivity index (χ2v) is 5.24. The monoisotopic (exact) mass is 322 g/mol. The van der Waals surface area contributed by atoms with Gasteiger partial charge in [0, 0.05) is 12.4 Å². The average molecular weight is 322 g/mol. The number of hydrogen-bond acceptors (Lipinski definition) is 3. The van der Waals surface area contributed by atoms with Crippen molar-refractivity contribution in [2.45, 2.75) is 18.6 Å². The fourth-order valence-electron chi connectivity index (χ4n) is 2.48. The molecule has 0 unspecified atom stereocenters. The number of benzene rings is 1. The number of alkyl halides is 3. The molecule has 0 aliphatic carbocycles. The molecule has 7 heteroatoms. The molecule has 1 atom stereocenters. The lowest BCUT2D eigenvalue weighted by Crippen LogP contribution is -2.47. The molecule has 1 amide bonds. The van der Waals surface area contributed by atoms with Crippen molar-refractivity contribution < 1.29 is 22.7 Å². The van der Waals surface area contributed by atoms with E-state index >= 15 is 0 Å². The molecule has 4 nitrogen and oxygen atoms in total. The Kier molecular flexibility index (Phi) is 3.94. The van der Waals surface area contributed by atoms with Gasteiger partial charge in [-0.2, -0.15) is 13.2 Å². The minimum Gasteiger partial charge on any atom is -0.491 e. The maximum atomic E-state index is 12.3. The molecule has 1 aromatic carbocycles. The van der Waals surface area contributed by atoms with Gasteiger partial charge in [0.1, 0.15) is 12.4 Å². The van der Waals surface area contributed by atoms with Crippen LogP contribution in [0, 0.1) is 0 Å². The summed E-state index contributed by atoms with van der Waals surface area (Å²) in [5, 5.41) is 1.96. The van der Waals surface area contributed by atoms with Crippen molar-refractivity contribution in [2.24, 2.45) is 0 Å². The standard InChI is InChI=1S/C16H13F3N2O2/c17-16(18,19)15(22)21-13-8-12-7-11(1-2-14(12)23-9-13)10-3-5-20-6-4-10/h1-7,13H,8-9H2,(H,21,22)/t13-/m1/s1. The Morgan fingerprint density at radius 2 is 1.91 bits per heavy atom. The molecular weight excluding hydrogens is 309 g/mol. The van der Waals surface area contributed by atoms with Crippen molar-refractivity contribution in [1.29, 1.82) is 0 Å². The number of carbonyl (C=O) groups excluding carboxylic acids is 1. The van der Waals surface area contributed by atoms with Gasteiger partial charge in [-0.15, -0.1) is 0 Å². The fourth-order valence-corrected chi connectivity index (χ4v) is 2.48. The van der Waals surface area contributed by atoms with Crippen molar-refractivity contribution in [1.82, 2.24) is 10.3 Å². The summed E-state index contributed by atoms with van der Waals surface area (Å²) in [5.41, 5.74) is 2.62. The van der Waals surface area contributed by atoms with Gasteiger partial charge >= 0.3 is 12.1 Å². The number of nitrogens with one attached hydrogen (secondary N) is 1. The maximum Gasteiger partial charge on any atom is 0.471 e. The molecule has 0 saturated heterocycles. The lowest BCUT2D eigenvalue weighted by molar-refractivity contribution is -0.174. The summed E-state index contributed by atoms with van der Waals surface area (Å²) < 4.78 is 42.4. The number of rotatable bonds is 2. The third-order valence-corrected chi connectivity index (χ3v) is 3.57.